The van der Waals surface area contributed by atoms with Gasteiger partial charge in [-0.05, 0) is 105 Å². The highest BCUT2D eigenvalue weighted by Crippen LogP contribution is 2.14. The summed E-state index contributed by atoms with van der Waals surface area (Å²) in [6, 6.07) is 0. The van der Waals surface area contributed by atoms with Crippen molar-refractivity contribution in [2.75, 3.05) is 6.58 Å². The Labute approximate surface area is 209 Å². The van der Waals surface area contributed by atoms with Gasteiger partial charge in [-0.15, -0.1) is 0 Å². The summed E-state index contributed by atoms with van der Waals surface area (Å²) >= 11 is 0. The lowest BCUT2D eigenvalue weighted by molar-refractivity contribution is -0.141. The lowest BCUT2D eigenvalue weighted by Crippen LogP contribution is -2.13. The second kappa shape index (κ2) is 21.1. The van der Waals surface area contributed by atoms with Gasteiger partial charge >= 0.3 is 12.2 Å². The van der Waals surface area contributed by atoms with Crippen LogP contribution < -0.4 is 0 Å². The highest BCUT2D eigenvalue weighted by molar-refractivity contribution is 6.20. The summed E-state index contributed by atoms with van der Waals surface area (Å²) in [6.45, 7) is 9.42. The maximum Gasteiger partial charge on any atom is 0.414 e. The Bertz CT molecular complexity index is 816. The second-order valence-electron chi connectivity index (χ2n) is 8.93. The van der Waals surface area contributed by atoms with Crippen molar-refractivity contribution in [2.24, 2.45) is 0 Å². The number of hydrogen-bond donors (Lipinski definition) is 1. The van der Waals surface area contributed by atoms with E-state index in [2.05, 4.69) is 56.8 Å². The largest absolute Gasteiger partial charge is 0.450 e. The molecule has 0 saturated carbocycles. The summed E-state index contributed by atoms with van der Waals surface area (Å²) < 4.78 is 12.2. The molecule has 0 fully saturated rings. The number of esters is 1. The van der Waals surface area contributed by atoms with Gasteiger partial charge in [0.2, 0.25) is 0 Å². The Morgan fingerprint density at radius 2 is 1.35 bits per heavy atom. The highest BCUT2D eigenvalue weighted by Gasteiger charge is 2.06. The van der Waals surface area contributed by atoms with Crippen molar-refractivity contribution >= 4 is 12.2 Å². The molecule has 0 aromatic rings. The molecule has 0 bridgehead atoms. The predicted octanol–water partition coefficient (Wildman–Crippen LogP) is 7.45. The van der Waals surface area contributed by atoms with Crippen molar-refractivity contribution < 1.29 is 20.8 Å². The molecule has 0 amide bonds. The fourth-order valence-corrected chi connectivity index (χ4v) is 3.35. The average Bonchev–Trinajstić information content (AvgIpc) is 2.78. The monoisotopic (exact) mass is 472 g/mol. The summed E-state index contributed by atoms with van der Waals surface area (Å²) in [4.78, 5) is 13.8. The molecule has 0 aromatic heterocycles. The molecule has 5 nitrogen and oxygen atoms in total. The van der Waals surface area contributed by atoms with Gasteiger partial charge in [-0.1, -0.05) is 52.7 Å². The van der Waals surface area contributed by atoms with Crippen LogP contribution in [0, 0.1) is 0 Å². The van der Waals surface area contributed by atoms with E-state index in [1.807, 2.05) is 12.2 Å². The molecule has 0 rings (SSSR count). The number of nitrogens with zero attached hydrogens (tertiary/aromatic N) is 2. The summed E-state index contributed by atoms with van der Waals surface area (Å²) in [5.74, 6) is -0.659. The van der Waals surface area contributed by atoms with Gasteiger partial charge in [0.05, 0.1) is 1.37 Å². The molecule has 5 heteroatoms. The summed E-state index contributed by atoms with van der Waals surface area (Å²) in [5, 5.41) is 9.03. The normalized spacial score (nSPS) is 15.6. The Kier molecular flexibility index (Phi) is 18.3. The number of carbonyl (C=O) groups excluding carboxylic acids is 1. The van der Waals surface area contributed by atoms with Crippen molar-refractivity contribution in [3.05, 3.63) is 64.3 Å². The number of unbranched alkanes of at least 4 members (excludes halogenated alkanes) is 1. The molecule has 34 heavy (non-hydrogen) atoms. The van der Waals surface area contributed by atoms with Crippen LogP contribution in [0.5, 0.6) is 0 Å². The third kappa shape index (κ3) is 20.1. The Hall–Kier alpha value is -2.49. The average molecular weight is 473 g/mol. The van der Waals surface area contributed by atoms with Crippen LogP contribution in [0.25, 0.3) is 5.53 Å². The molecule has 0 aliphatic rings. The molecule has 0 spiro atoms. The zero-order valence-electron chi connectivity index (χ0n) is 22.9. The maximum atomic E-state index is 11.2. The van der Waals surface area contributed by atoms with Gasteiger partial charge < -0.3 is 15.4 Å². The Balaban J connectivity index is 4.10. The van der Waals surface area contributed by atoms with Gasteiger partial charge in [-0.3, -0.25) is 0 Å². The van der Waals surface area contributed by atoms with Crippen molar-refractivity contribution in [3.63, 3.8) is 0 Å². The van der Waals surface area contributed by atoms with Crippen LogP contribution in [-0.2, 0) is 9.53 Å². The quantitative estimate of drug-likeness (QED) is 0.0561. The molecule has 2 unspecified atom stereocenters. The fraction of sp³-hybridized carbons (Fsp3) is 0.586. The van der Waals surface area contributed by atoms with Crippen LogP contribution in [0.2, 0.25) is 0 Å². The molecular weight excluding hydrogens is 424 g/mol. The lowest BCUT2D eigenvalue weighted by Gasteiger charge is -2.04. The van der Waals surface area contributed by atoms with Crippen LogP contribution >= 0.6 is 0 Å². The SMILES string of the molecule is [3H]C(O)CC/C(C)=C/CC/C(C)=C/CC/C=C(\C)CC/C=C(\C)CC/C=C/C(C)OC(=O)C=[N+]=[N-]. The van der Waals surface area contributed by atoms with E-state index in [9.17, 15) is 4.79 Å². The van der Waals surface area contributed by atoms with Crippen molar-refractivity contribution in [2.45, 2.75) is 105 Å². The lowest BCUT2D eigenvalue weighted by atomic mass is 10.0. The van der Waals surface area contributed by atoms with E-state index in [0.29, 0.717) is 6.42 Å². The minimum atomic E-state index is -0.964. The first-order valence-electron chi connectivity index (χ1n) is 13.0. The van der Waals surface area contributed by atoms with Crippen LogP contribution in [-0.4, -0.2) is 34.8 Å². The van der Waals surface area contributed by atoms with E-state index in [1.54, 1.807) is 6.92 Å². The highest BCUT2D eigenvalue weighted by atomic mass is 16.5. The van der Waals surface area contributed by atoms with E-state index in [1.165, 1.54) is 22.3 Å². The molecule has 0 saturated heterocycles. The van der Waals surface area contributed by atoms with E-state index < -0.39 is 12.6 Å². The Morgan fingerprint density at radius 3 is 1.85 bits per heavy atom. The number of aliphatic hydroxyl groups is 1. The Morgan fingerprint density at radius 1 is 0.882 bits per heavy atom. The first-order chi connectivity index (χ1) is 16.6. The third-order valence-corrected chi connectivity index (χ3v) is 5.46. The third-order valence-electron chi connectivity index (χ3n) is 5.46. The summed E-state index contributed by atoms with van der Waals surface area (Å²) in [7, 11) is 0. The minimum absolute atomic E-state index is 0.350. The number of rotatable bonds is 18. The topological polar surface area (TPSA) is 82.9 Å². The van der Waals surface area contributed by atoms with E-state index >= 15 is 0 Å². The minimum Gasteiger partial charge on any atom is -0.450 e. The van der Waals surface area contributed by atoms with Gasteiger partial charge in [0.1, 0.15) is 6.10 Å². The molecule has 0 radical (unpaired) electrons. The van der Waals surface area contributed by atoms with Crippen LogP contribution in [0.3, 0.4) is 0 Å². The number of aliphatic hydroxyl groups excluding tert-OH is 1. The standard InChI is InChI=1S/C29H46N2O3/c1-24(13-6-7-14-25(2)18-11-19-27(4)20-12-22-32)16-10-17-26(3)15-8-9-21-28(5)34-29(33)23-31-30/h9,13-14,17,19,21,23,28,32H,6-8,10-12,15-16,18,20,22H2,1-5H3/b21-9+,24-13+,25-14+,26-17+,27-19+/i22T. The zero-order chi connectivity index (χ0) is 26.5. The maximum absolute atomic E-state index is 11.2. The molecule has 190 valence electrons. The molecule has 0 aliphatic carbocycles. The predicted molar refractivity (Wildman–Crippen MR) is 143 cm³/mol. The van der Waals surface area contributed by atoms with Crippen LogP contribution in [0.15, 0.2) is 58.7 Å². The van der Waals surface area contributed by atoms with Gasteiger partial charge in [0.25, 0.3) is 0 Å². The van der Waals surface area contributed by atoms with Gasteiger partial charge in [0.15, 0.2) is 0 Å². The molecule has 0 heterocycles. The second-order valence-corrected chi connectivity index (χ2v) is 8.93. The van der Waals surface area contributed by atoms with Gasteiger partial charge in [-0.2, -0.15) is 4.79 Å². The molecule has 2 atom stereocenters. The molecule has 1 N–H and O–H groups in total. The molecular formula is C29H46N2O3. The van der Waals surface area contributed by atoms with Gasteiger partial charge in [-0.25, -0.2) is 4.79 Å². The van der Waals surface area contributed by atoms with Crippen molar-refractivity contribution in [1.82, 2.24) is 0 Å². The van der Waals surface area contributed by atoms with Crippen molar-refractivity contribution in [3.8, 4) is 0 Å². The first kappa shape index (κ1) is 29.5. The van der Waals surface area contributed by atoms with E-state index in [0.717, 1.165) is 64.0 Å². The first-order valence-corrected chi connectivity index (χ1v) is 12.4. The molecule has 0 aliphatic heterocycles. The fourth-order valence-electron chi connectivity index (χ4n) is 3.35. The van der Waals surface area contributed by atoms with Crippen LogP contribution in [0.1, 0.15) is 100 Å². The van der Waals surface area contributed by atoms with Crippen molar-refractivity contribution in [1.29, 1.82) is 0 Å². The van der Waals surface area contributed by atoms with Crippen LogP contribution in [0.4, 0.5) is 0 Å². The number of hydrogen-bond acceptors (Lipinski definition) is 3. The number of allylic oxidation sites excluding steroid dienone is 9. The van der Waals surface area contributed by atoms with E-state index in [4.69, 9.17) is 16.7 Å². The summed E-state index contributed by atoms with van der Waals surface area (Å²) in [5.41, 5.74) is 13.8. The summed E-state index contributed by atoms with van der Waals surface area (Å²) in [6.07, 6.45) is 23.0. The van der Waals surface area contributed by atoms with Gasteiger partial charge in [0, 0.05) is 6.58 Å². The number of carbonyl (C=O) groups is 1. The number of ether oxygens (including phenoxy) is 1. The van der Waals surface area contributed by atoms with E-state index in [-0.39, 0.29) is 6.10 Å². The smallest absolute Gasteiger partial charge is 0.414 e. The zero-order valence-corrected chi connectivity index (χ0v) is 21.9. The molecule has 0 aromatic carbocycles.